The number of hydrogen-bond donors (Lipinski definition) is 1. The van der Waals surface area contributed by atoms with Crippen LogP contribution in [-0.4, -0.2) is 26.4 Å². The quantitative estimate of drug-likeness (QED) is 0.658. The van der Waals surface area contributed by atoms with Gasteiger partial charge in [-0.3, -0.25) is 4.79 Å². The van der Waals surface area contributed by atoms with E-state index in [0.29, 0.717) is 6.54 Å². The Balaban J connectivity index is 1.71. The molecule has 0 unspecified atom stereocenters. The first-order valence-corrected chi connectivity index (χ1v) is 9.46. The number of para-hydroxylation sites is 1. The summed E-state index contributed by atoms with van der Waals surface area (Å²) in [6.07, 6.45) is 1.64. The van der Waals surface area contributed by atoms with Crippen LogP contribution in [0.15, 0.2) is 40.1 Å². The molecule has 0 saturated carbocycles. The van der Waals surface area contributed by atoms with E-state index < -0.39 is 0 Å². The fourth-order valence-corrected chi connectivity index (χ4v) is 3.62. The molecule has 2 heterocycles. The van der Waals surface area contributed by atoms with E-state index in [1.807, 2.05) is 56.5 Å². The van der Waals surface area contributed by atoms with Crippen molar-refractivity contribution in [2.75, 3.05) is 11.1 Å². The number of nitrogens with one attached hydrogen (secondary N) is 1. The number of benzene rings is 1. The Bertz CT molecular complexity index is 909. The summed E-state index contributed by atoms with van der Waals surface area (Å²) in [4.78, 5) is 12.4. The predicted octanol–water partition coefficient (Wildman–Crippen LogP) is 4.21. The van der Waals surface area contributed by atoms with Crippen LogP contribution in [0.3, 0.4) is 0 Å². The number of anilines is 1. The fraction of sp³-hybridized carbons (Fsp3) is 0.316. The second-order valence-corrected chi connectivity index (χ2v) is 6.99. The average Bonchev–Trinajstić information content (AvgIpc) is 3.21. The molecule has 6 nitrogen and oxygen atoms in total. The van der Waals surface area contributed by atoms with Crippen molar-refractivity contribution in [3.63, 3.8) is 0 Å². The molecule has 26 heavy (non-hydrogen) atoms. The van der Waals surface area contributed by atoms with Crippen LogP contribution in [0.5, 0.6) is 0 Å². The van der Waals surface area contributed by atoms with Crippen LogP contribution in [0.2, 0.25) is 0 Å². The minimum absolute atomic E-state index is 0.0564. The normalized spacial score (nSPS) is 10.9. The summed E-state index contributed by atoms with van der Waals surface area (Å²) >= 11 is 1.38. The van der Waals surface area contributed by atoms with E-state index in [2.05, 4.69) is 15.5 Å². The monoisotopic (exact) mass is 370 g/mol. The molecule has 0 radical (unpaired) electrons. The topological polar surface area (TPSA) is 73.0 Å². The number of nitrogens with zero attached hydrogens (tertiary/aromatic N) is 3. The standard InChI is InChI=1S/C19H22N4O2S/c1-5-23-18(15-9-10-25-14(15)4)21-22-19(23)26-11-16(24)20-17-12(2)7-6-8-13(17)3/h6-10H,5,11H2,1-4H3,(H,20,24). The number of carbonyl (C=O) groups excluding carboxylic acids is 1. The summed E-state index contributed by atoms with van der Waals surface area (Å²) < 4.78 is 7.36. The third kappa shape index (κ3) is 3.67. The van der Waals surface area contributed by atoms with E-state index in [9.17, 15) is 4.79 Å². The van der Waals surface area contributed by atoms with Gasteiger partial charge in [0.05, 0.1) is 17.6 Å². The van der Waals surface area contributed by atoms with E-state index >= 15 is 0 Å². The second kappa shape index (κ2) is 7.78. The zero-order valence-corrected chi connectivity index (χ0v) is 16.2. The first-order chi connectivity index (χ1) is 12.5. The average molecular weight is 370 g/mol. The zero-order chi connectivity index (χ0) is 18.7. The van der Waals surface area contributed by atoms with Crippen molar-refractivity contribution in [3.05, 3.63) is 47.4 Å². The maximum absolute atomic E-state index is 12.4. The van der Waals surface area contributed by atoms with Gasteiger partial charge in [0.15, 0.2) is 11.0 Å². The maximum atomic E-state index is 12.4. The number of aromatic nitrogens is 3. The van der Waals surface area contributed by atoms with Crippen molar-refractivity contribution in [2.24, 2.45) is 0 Å². The highest BCUT2D eigenvalue weighted by Gasteiger charge is 2.17. The molecule has 1 aromatic carbocycles. The van der Waals surface area contributed by atoms with Gasteiger partial charge in [-0.05, 0) is 44.9 Å². The number of amides is 1. The molecule has 0 aliphatic rings. The molecule has 1 N–H and O–H groups in total. The van der Waals surface area contributed by atoms with Crippen LogP contribution in [0.25, 0.3) is 11.4 Å². The molecule has 0 bridgehead atoms. The van der Waals surface area contributed by atoms with Gasteiger partial charge < -0.3 is 14.3 Å². The van der Waals surface area contributed by atoms with Crippen molar-refractivity contribution in [1.82, 2.24) is 14.8 Å². The SMILES string of the molecule is CCn1c(SCC(=O)Nc2c(C)cccc2C)nnc1-c1ccoc1C. The van der Waals surface area contributed by atoms with E-state index in [-0.39, 0.29) is 11.7 Å². The summed E-state index contributed by atoms with van der Waals surface area (Å²) in [6, 6.07) is 7.85. The first kappa shape index (κ1) is 18.3. The summed E-state index contributed by atoms with van der Waals surface area (Å²) in [5, 5.41) is 12.3. The summed E-state index contributed by atoms with van der Waals surface area (Å²) in [6.45, 7) is 8.62. The van der Waals surface area contributed by atoms with Crippen LogP contribution >= 0.6 is 11.8 Å². The number of rotatable bonds is 6. The van der Waals surface area contributed by atoms with Crippen LogP contribution in [0.4, 0.5) is 5.69 Å². The molecule has 0 spiro atoms. The molecular weight excluding hydrogens is 348 g/mol. The third-order valence-electron chi connectivity index (χ3n) is 4.21. The van der Waals surface area contributed by atoms with Gasteiger partial charge >= 0.3 is 0 Å². The number of hydrogen-bond acceptors (Lipinski definition) is 5. The van der Waals surface area contributed by atoms with Crippen molar-refractivity contribution in [3.8, 4) is 11.4 Å². The Morgan fingerprint density at radius 2 is 1.92 bits per heavy atom. The number of carbonyl (C=O) groups is 1. The van der Waals surface area contributed by atoms with Gasteiger partial charge in [0.1, 0.15) is 5.76 Å². The molecule has 3 aromatic rings. The molecule has 0 fully saturated rings. The Hall–Kier alpha value is -2.54. The van der Waals surface area contributed by atoms with Gasteiger partial charge in [-0.15, -0.1) is 10.2 Å². The van der Waals surface area contributed by atoms with Crippen LogP contribution in [0, 0.1) is 20.8 Å². The molecule has 3 rings (SSSR count). The van der Waals surface area contributed by atoms with E-state index in [0.717, 1.165) is 39.1 Å². The summed E-state index contributed by atoms with van der Waals surface area (Å²) in [5.74, 6) is 1.78. The van der Waals surface area contributed by atoms with Gasteiger partial charge in [-0.1, -0.05) is 30.0 Å². The van der Waals surface area contributed by atoms with Crippen LogP contribution in [0.1, 0.15) is 23.8 Å². The lowest BCUT2D eigenvalue weighted by Gasteiger charge is -2.11. The number of furan rings is 1. The number of thioether (sulfide) groups is 1. The smallest absolute Gasteiger partial charge is 0.234 e. The van der Waals surface area contributed by atoms with Crippen LogP contribution in [-0.2, 0) is 11.3 Å². The Morgan fingerprint density at radius 3 is 2.54 bits per heavy atom. The number of aryl methyl sites for hydroxylation is 3. The molecule has 0 aliphatic heterocycles. The molecular formula is C19H22N4O2S. The van der Waals surface area contributed by atoms with Crippen molar-refractivity contribution < 1.29 is 9.21 Å². The van der Waals surface area contributed by atoms with Gasteiger partial charge in [-0.2, -0.15) is 0 Å². The van der Waals surface area contributed by atoms with Gasteiger partial charge in [0, 0.05) is 12.2 Å². The largest absolute Gasteiger partial charge is 0.469 e. The lowest BCUT2D eigenvalue weighted by Crippen LogP contribution is -2.16. The van der Waals surface area contributed by atoms with Crippen molar-refractivity contribution in [2.45, 2.75) is 39.4 Å². The van der Waals surface area contributed by atoms with E-state index in [1.165, 1.54) is 11.8 Å². The molecule has 0 aliphatic carbocycles. The fourth-order valence-electron chi connectivity index (χ4n) is 2.81. The Labute approximate surface area is 157 Å². The molecule has 1 amide bonds. The summed E-state index contributed by atoms with van der Waals surface area (Å²) in [5.41, 5.74) is 3.91. The highest BCUT2D eigenvalue weighted by atomic mass is 32.2. The van der Waals surface area contributed by atoms with Gasteiger partial charge in [0.25, 0.3) is 0 Å². The van der Waals surface area contributed by atoms with Crippen molar-refractivity contribution >= 4 is 23.4 Å². The van der Waals surface area contributed by atoms with Gasteiger partial charge in [-0.25, -0.2) is 0 Å². The van der Waals surface area contributed by atoms with E-state index in [1.54, 1.807) is 6.26 Å². The Morgan fingerprint density at radius 1 is 1.19 bits per heavy atom. The molecule has 2 aromatic heterocycles. The maximum Gasteiger partial charge on any atom is 0.234 e. The molecule has 7 heteroatoms. The third-order valence-corrected chi connectivity index (χ3v) is 5.18. The van der Waals surface area contributed by atoms with Crippen LogP contribution < -0.4 is 5.32 Å². The van der Waals surface area contributed by atoms with Gasteiger partial charge in [0.2, 0.25) is 5.91 Å². The van der Waals surface area contributed by atoms with Crippen molar-refractivity contribution in [1.29, 1.82) is 0 Å². The predicted molar refractivity (Wildman–Crippen MR) is 103 cm³/mol. The highest BCUT2D eigenvalue weighted by molar-refractivity contribution is 7.99. The highest BCUT2D eigenvalue weighted by Crippen LogP contribution is 2.27. The lowest BCUT2D eigenvalue weighted by atomic mass is 10.1. The first-order valence-electron chi connectivity index (χ1n) is 8.47. The minimum Gasteiger partial charge on any atom is -0.469 e. The Kier molecular flexibility index (Phi) is 5.46. The minimum atomic E-state index is -0.0564. The lowest BCUT2D eigenvalue weighted by molar-refractivity contribution is -0.113. The molecule has 0 atom stereocenters. The molecule has 0 saturated heterocycles. The zero-order valence-electron chi connectivity index (χ0n) is 15.4. The second-order valence-electron chi connectivity index (χ2n) is 6.04. The summed E-state index contributed by atoms with van der Waals surface area (Å²) in [7, 11) is 0. The van der Waals surface area contributed by atoms with E-state index in [4.69, 9.17) is 4.42 Å². The molecule has 136 valence electrons.